The Labute approximate surface area is 241 Å². The van der Waals surface area contributed by atoms with Crippen LogP contribution >= 0.6 is 34.8 Å². The fraction of sp³-hybridized carbons (Fsp3) is 0.222. The third-order valence-corrected chi connectivity index (χ3v) is 8.51. The third kappa shape index (κ3) is 7.38. The van der Waals surface area contributed by atoms with Crippen LogP contribution in [0.1, 0.15) is 42.6 Å². The smallest absolute Gasteiger partial charge is 0.243 e. The van der Waals surface area contributed by atoms with E-state index in [0.29, 0.717) is 34.4 Å². The van der Waals surface area contributed by atoms with Gasteiger partial charge in [0.25, 0.3) is 0 Å². The van der Waals surface area contributed by atoms with Crippen molar-refractivity contribution in [2.24, 2.45) is 0 Å². The molecule has 204 valence electrons. The van der Waals surface area contributed by atoms with Gasteiger partial charge in [-0.2, -0.15) is 9.29 Å². The van der Waals surface area contributed by atoms with Crippen LogP contribution in [0.3, 0.4) is 0 Å². The number of anilines is 1. The van der Waals surface area contributed by atoms with E-state index >= 15 is 0 Å². The number of aromatic nitrogens is 2. The summed E-state index contributed by atoms with van der Waals surface area (Å²) in [5, 5.41) is 7.70. The third-order valence-electron chi connectivity index (χ3n) is 5.75. The van der Waals surface area contributed by atoms with Crippen LogP contribution in [-0.2, 0) is 27.8 Å². The van der Waals surface area contributed by atoms with Gasteiger partial charge in [0.15, 0.2) is 5.82 Å². The van der Waals surface area contributed by atoms with Gasteiger partial charge in [0.05, 0.1) is 11.4 Å². The van der Waals surface area contributed by atoms with E-state index in [1.165, 1.54) is 24.3 Å². The Balaban J connectivity index is 1.50. The highest BCUT2D eigenvalue weighted by molar-refractivity contribution is 7.89. The molecule has 0 aliphatic rings. The molecule has 0 aliphatic heterocycles. The topological polar surface area (TPSA) is 105 Å². The van der Waals surface area contributed by atoms with Crippen molar-refractivity contribution in [3.63, 3.8) is 0 Å². The van der Waals surface area contributed by atoms with Gasteiger partial charge < -0.3 is 9.84 Å². The molecule has 0 unspecified atom stereocenters. The monoisotopic (exact) mass is 606 g/mol. The Bertz CT molecular complexity index is 1540. The molecule has 4 rings (SSSR count). The second-order valence-corrected chi connectivity index (χ2v) is 12.2. The SMILES string of the molecule is CC(C)c1nc(Cc2ccc(NC(=O)CN(Cc3c(Cl)cccc3Cl)S(=O)(=O)c3ccc(Cl)cc3)cc2)no1. The van der Waals surface area contributed by atoms with Crippen LogP contribution in [0.4, 0.5) is 5.69 Å². The minimum atomic E-state index is -4.11. The highest BCUT2D eigenvalue weighted by Crippen LogP contribution is 2.28. The summed E-state index contributed by atoms with van der Waals surface area (Å²) in [6.07, 6.45) is 0.468. The van der Waals surface area contributed by atoms with Gasteiger partial charge in [-0.05, 0) is 54.1 Å². The second-order valence-electron chi connectivity index (χ2n) is 9.05. The Hall–Kier alpha value is -2.95. The molecule has 1 N–H and O–H groups in total. The number of carbonyl (C=O) groups excluding carboxylic acids is 1. The fourth-order valence-corrected chi connectivity index (χ4v) is 5.67. The fourth-order valence-electron chi connectivity index (χ4n) is 3.66. The molecule has 0 saturated heterocycles. The van der Waals surface area contributed by atoms with Crippen LogP contribution in [0.25, 0.3) is 0 Å². The summed E-state index contributed by atoms with van der Waals surface area (Å²) in [5.41, 5.74) is 1.81. The van der Waals surface area contributed by atoms with Gasteiger partial charge in [-0.3, -0.25) is 4.79 Å². The molecule has 0 aliphatic carbocycles. The van der Waals surface area contributed by atoms with Crippen molar-refractivity contribution in [2.45, 2.75) is 37.6 Å². The molecule has 0 spiro atoms. The van der Waals surface area contributed by atoms with Crippen molar-refractivity contribution in [3.8, 4) is 0 Å². The minimum absolute atomic E-state index is 0.0191. The molecular weight excluding hydrogens is 583 g/mol. The van der Waals surface area contributed by atoms with Crippen LogP contribution < -0.4 is 5.32 Å². The quantitative estimate of drug-likeness (QED) is 0.219. The number of sulfonamides is 1. The number of nitrogens with zero attached hydrogens (tertiary/aromatic N) is 3. The normalized spacial score (nSPS) is 11.8. The summed E-state index contributed by atoms with van der Waals surface area (Å²) < 4.78 is 33.3. The molecule has 1 heterocycles. The van der Waals surface area contributed by atoms with Gasteiger partial charge >= 0.3 is 0 Å². The maximum atomic E-state index is 13.5. The van der Waals surface area contributed by atoms with E-state index in [2.05, 4.69) is 15.5 Å². The molecule has 1 aromatic heterocycles. The number of nitrogens with one attached hydrogen (secondary N) is 1. The maximum Gasteiger partial charge on any atom is 0.243 e. The van der Waals surface area contributed by atoms with E-state index in [-0.39, 0.29) is 27.4 Å². The average molecular weight is 608 g/mol. The Morgan fingerprint density at radius 2 is 1.62 bits per heavy atom. The summed E-state index contributed by atoms with van der Waals surface area (Å²) in [6.45, 7) is 3.26. The summed E-state index contributed by atoms with van der Waals surface area (Å²) in [7, 11) is -4.11. The highest BCUT2D eigenvalue weighted by atomic mass is 35.5. The lowest BCUT2D eigenvalue weighted by molar-refractivity contribution is -0.116. The second kappa shape index (κ2) is 12.5. The zero-order chi connectivity index (χ0) is 28.2. The predicted octanol–water partition coefficient (Wildman–Crippen LogP) is 6.57. The molecule has 39 heavy (non-hydrogen) atoms. The molecular formula is C27H25Cl3N4O4S. The number of benzene rings is 3. The van der Waals surface area contributed by atoms with E-state index in [0.717, 1.165) is 9.87 Å². The van der Waals surface area contributed by atoms with Crippen molar-refractivity contribution >= 4 is 56.4 Å². The average Bonchev–Trinajstić information content (AvgIpc) is 3.36. The Kier molecular flexibility index (Phi) is 9.30. The van der Waals surface area contributed by atoms with Crippen molar-refractivity contribution < 1.29 is 17.7 Å². The lowest BCUT2D eigenvalue weighted by Crippen LogP contribution is -2.37. The molecule has 0 bridgehead atoms. The summed E-state index contributed by atoms with van der Waals surface area (Å²) in [5.74, 6) is 0.742. The van der Waals surface area contributed by atoms with Crippen molar-refractivity contribution in [2.75, 3.05) is 11.9 Å². The van der Waals surface area contributed by atoms with E-state index in [9.17, 15) is 13.2 Å². The van der Waals surface area contributed by atoms with Crippen molar-refractivity contribution in [3.05, 3.63) is 105 Å². The largest absolute Gasteiger partial charge is 0.339 e. The molecule has 12 heteroatoms. The zero-order valence-electron chi connectivity index (χ0n) is 21.1. The number of amides is 1. The molecule has 0 fully saturated rings. The van der Waals surface area contributed by atoms with E-state index in [4.69, 9.17) is 39.3 Å². The van der Waals surface area contributed by atoms with Crippen LogP contribution in [0.15, 0.2) is 76.1 Å². The zero-order valence-corrected chi connectivity index (χ0v) is 24.2. The molecule has 0 atom stereocenters. The minimum Gasteiger partial charge on any atom is -0.339 e. The van der Waals surface area contributed by atoms with Gasteiger partial charge in [-0.15, -0.1) is 0 Å². The van der Waals surface area contributed by atoms with Crippen molar-refractivity contribution in [1.29, 1.82) is 0 Å². The Morgan fingerprint density at radius 3 is 2.21 bits per heavy atom. The van der Waals surface area contributed by atoms with Crippen LogP contribution in [-0.4, -0.2) is 35.3 Å². The van der Waals surface area contributed by atoms with Gasteiger partial charge in [0.2, 0.25) is 21.8 Å². The molecule has 4 aromatic rings. The summed E-state index contributed by atoms with van der Waals surface area (Å²) in [4.78, 5) is 17.4. The first kappa shape index (κ1) is 29.0. The number of hydrogen-bond acceptors (Lipinski definition) is 6. The maximum absolute atomic E-state index is 13.5. The molecule has 0 radical (unpaired) electrons. The Morgan fingerprint density at radius 1 is 0.974 bits per heavy atom. The first-order chi connectivity index (χ1) is 18.5. The van der Waals surface area contributed by atoms with Gasteiger partial charge in [-0.1, -0.05) is 72.0 Å². The lowest BCUT2D eigenvalue weighted by Gasteiger charge is -2.23. The highest BCUT2D eigenvalue weighted by Gasteiger charge is 2.28. The van der Waals surface area contributed by atoms with E-state index in [1.54, 1.807) is 30.3 Å². The molecule has 0 saturated carbocycles. The van der Waals surface area contributed by atoms with Gasteiger partial charge in [-0.25, -0.2) is 8.42 Å². The number of hydrogen-bond donors (Lipinski definition) is 1. The predicted molar refractivity (Wildman–Crippen MR) is 152 cm³/mol. The molecule has 8 nitrogen and oxygen atoms in total. The summed E-state index contributed by atoms with van der Waals surface area (Å²) >= 11 is 18.6. The standard InChI is InChI=1S/C27H25Cl3N4O4S/c1-17(2)27-32-25(33-38-27)14-18-6-10-20(11-7-18)31-26(35)16-34(15-22-23(29)4-3-5-24(22)30)39(36,37)21-12-8-19(28)9-13-21/h3-13,17H,14-16H2,1-2H3,(H,31,35). The van der Waals surface area contributed by atoms with Crippen LogP contribution in [0.5, 0.6) is 0 Å². The van der Waals surface area contributed by atoms with Crippen LogP contribution in [0.2, 0.25) is 15.1 Å². The molecule has 1 amide bonds. The van der Waals surface area contributed by atoms with E-state index in [1.807, 2.05) is 26.0 Å². The van der Waals surface area contributed by atoms with Gasteiger partial charge in [0.1, 0.15) is 0 Å². The number of halogens is 3. The first-order valence-corrected chi connectivity index (χ1v) is 14.5. The number of carbonyl (C=O) groups is 1. The number of rotatable bonds is 10. The van der Waals surface area contributed by atoms with Crippen LogP contribution in [0, 0.1) is 0 Å². The lowest BCUT2D eigenvalue weighted by atomic mass is 10.1. The van der Waals surface area contributed by atoms with E-state index < -0.39 is 22.5 Å². The molecule has 3 aromatic carbocycles. The van der Waals surface area contributed by atoms with Gasteiger partial charge in [0, 0.05) is 45.2 Å². The first-order valence-electron chi connectivity index (χ1n) is 11.9. The summed E-state index contributed by atoms with van der Waals surface area (Å²) in [6, 6.07) is 17.7. The van der Waals surface area contributed by atoms with Crippen molar-refractivity contribution in [1.82, 2.24) is 14.4 Å².